The van der Waals surface area contributed by atoms with Crippen LogP contribution in [-0.4, -0.2) is 22.3 Å². The van der Waals surface area contributed by atoms with Crippen LogP contribution in [0.4, 0.5) is 0 Å². The highest BCUT2D eigenvalue weighted by molar-refractivity contribution is 7.13. The zero-order chi connectivity index (χ0) is 16.2. The van der Waals surface area contributed by atoms with Gasteiger partial charge in [0.15, 0.2) is 0 Å². The number of hydrogen-bond acceptors (Lipinski definition) is 6. The van der Waals surface area contributed by atoms with E-state index in [1.807, 2.05) is 17.5 Å². The molecule has 0 bridgehead atoms. The summed E-state index contributed by atoms with van der Waals surface area (Å²) < 4.78 is 4.91. The molecule has 0 radical (unpaired) electrons. The SMILES string of the molecule is O=C(NN=Cc1c(Cl)cccc1Cl)c1nc(-c2cccs2)no1. The number of nitrogens with zero attached hydrogens (tertiary/aromatic N) is 3. The minimum atomic E-state index is -0.625. The van der Waals surface area contributed by atoms with Crippen LogP contribution in [0.3, 0.4) is 0 Å². The smallest absolute Gasteiger partial charge is 0.328 e. The number of thiophene rings is 1. The van der Waals surface area contributed by atoms with Crippen molar-refractivity contribution in [1.29, 1.82) is 0 Å². The van der Waals surface area contributed by atoms with Gasteiger partial charge >= 0.3 is 11.8 Å². The summed E-state index contributed by atoms with van der Waals surface area (Å²) in [7, 11) is 0. The molecule has 0 fully saturated rings. The number of nitrogens with one attached hydrogen (secondary N) is 1. The van der Waals surface area contributed by atoms with Gasteiger partial charge in [-0.05, 0) is 23.6 Å². The predicted molar refractivity (Wildman–Crippen MR) is 89.1 cm³/mol. The van der Waals surface area contributed by atoms with Crippen LogP contribution in [0.15, 0.2) is 45.3 Å². The van der Waals surface area contributed by atoms with Crippen molar-refractivity contribution in [3.8, 4) is 10.7 Å². The maximum absolute atomic E-state index is 11.9. The molecule has 116 valence electrons. The number of amides is 1. The van der Waals surface area contributed by atoms with Gasteiger partial charge in [0, 0.05) is 5.56 Å². The first-order valence-electron chi connectivity index (χ1n) is 6.30. The zero-order valence-corrected chi connectivity index (χ0v) is 13.7. The highest BCUT2D eigenvalue weighted by Crippen LogP contribution is 2.22. The van der Waals surface area contributed by atoms with Gasteiger partial charge in [-0.1, -0.05) is 40.5 Å². The van der Waals surface area contributed by atoms with Crippen molar-refractivity contribution < 1.29 is 9.32 Å². The molecule has 2 heterocycles. The van der Waals surface area contributed by atoms with Gasteiger partial charge in [0.2, 0.25) is 5.82 Å². The van der Waals surface area contributed by atoms with Crippen LogP contribution in [-0.2, 0) is 0 Å². The predicted octanol–water partition coefficient (Wildman–Crippen LogP) is 3.87. The van der Waals surface area contributed by atoms with E-state index in [1.165, 1.54) is 17.6 Å². The Kier molecular flexibility index (Phi) is 4.71. The lowest BCUT2D eigenvalue weighted by molar-refractivity contribution is 0.0911. The third kappa shape index (κ3) is 3.58. The van der Waals surface area contributed by atoms with Crippen molar-refractivity contribution in [1.82, 2.24) is 15.6 Å². The van der Waals surface area contributed by atoms with Crippen LogP contribution in [0.25, 0.3) is 10.7 Å². The van der Waals surface area contributed by atoms with E-state index in [0.717, 1.165) is 4.88 Å². The molecule has 1 aromatic carbocycles. The van der Waals surface area contributed by atoms with Gasteiger partial charge in [-0.2, -0.15) is 10.1 Å². The number of rotatable bonds is 4. The molecule has 0 aliphatic rings. The van der Waals surface area contributed by atoms with Crippen LogP contribution in [0.1, 0.15) is 16.2 Å². The third-order valence-electron chi connectivity index (χ3n) is 2.72. The highest BCUT2D eigenvalue weighted by Gasteiger charge is 2.16. The fourth-order valence-electron chi connectivity index (χ4n) is 1.66. The number of aromatic nitrogens is 2. The maximum Gasteiger partial charge on any atom is 0.329 e. The van der Waals surface area contributed by atoms with Crippen molar-refractivity contribution in [3.63, 3.8) is 0 Å². The molecule has 3 rings (SSSR count). The Balaban J connectivity index is 1.69. The van der Waals surface area contributed by atoms with E-state index in [2.05, 4.69) is 20.7 Å². The number of benzene rings is 1. The molecule has 9 heteroatoms. The molecule has 1 N–H and O–H groups in total. The Morgan fingerprint density at radius 2 is 2.04 bits per heavy atom. The Morgan fingerprint density at radius 1 is 1.26 bits per heavy atom. The second kappa shape index (κ2) is 6.91. The van der Waals surface area contributed by atoms with E-state index in [0.29, 0.717) is 21.4 Å². The summed E-state index contributed by atoms with van der Waals surface area (Å²) >= 11 is 13.4. The van der Waals surface area contributed by atoms with Crippen molar-refractivity contribution in [2.24, 2.45) is 5.10 Å². The van der Waals surface area contributed by atoms with Gasteiger partial charge in [-0.3, -0.25) is 4.79 Å². The molecule has 3 aromatic rings. The Morgan fingerprint density at radius 3 is 2.74 bits per heavy atom. The standard InChI is InChI=1S/C14H8Cl2N4O2S/c15-9-3-1-4-10(16)8(9)7-17-19-13(21)14-18-12(20-22-14)11-5-2-6-23-11/h1-7H,(H,19,21). The summed E-state index contributed by atoms with van der Waals surface area (Å²) in [5.41, 5.74) is 2.78. The Hall–Kier alpha value is -2.22. The van der Waals surface area contributed by atoms with Gasteiger partial charge in [0.05, 0.1) is 21.1 Å². The van der Waals surface area contributed by atoms with E-state index < -0.39 is 5.91 Å². The molecule has 1 amide bonds. The first-order valence-corrected chi connectivity index (χ1v) is 7.93. The van der Waals surface area contributed by atoms with Crippen molar-refractivity contribution in [2.75, 3.05) is 0 Å². The van der Waals surface area contributed by atoms with E-state index in [-0.39, 0.29) is 5.89 Å². The summed E-state index contributed by atoms with van der Waals surface area (Å²) in [6, 6.07) is 8.73. The maximum atomic E-state index is 11.9. The number of carbonyl (C=O) groups excluding carboxylic acids is 1. The normalized spacial score (nSPS) is 11.0. The molecule has 0 unspecified atom stereocenters. The van der Waals surface area contributed by atoms with Gasteiger partial charge < -0.3 is 4.52 Å². The van der Waals surface area contributed by atoms with E-state index in [9.17, 15) is 4.79 Å². The quantitative estimate of drug-likeness (QED) is 0.561. The van der Waals surface area contributed by atoms with E-state index in [4.69, 9.17) is 27.7 Å². The minimum absolute atomic E-state index is 0.184. The molecule has 0 aliphatic heterocycles. The fraction of sp³-hybridized carbons (Fsp3) is 0. The molecule has 0 saturated heterocycles. The zero-order valence-electron chi connectivity index (χ0n) is 11.4. The molecule has 6 nitrogen and oxygen atoms in total. The summed E-state index contributed by atoms with van der Waals surface area (Å²) in [6.45, 7) is 0. The van der Waals surface area contributed by atoms with Crippen molar-refractivity contribution in [2.45, 2.75) is 0 Å². The van der Waals surface area contributed by atoms with Gasteiger partial charge in [0.25, 0.3) is 0 Å². The van der Waals surface area contributed by atoms with Crippen molar-refractivity contribution >= 4 is 46.7 Å². The minimum Gasteiger partial charge on any atom is -0.328 e. The lowest BCUT2D eigenvalue weighted by atomic mass is 10.2. The van der Waals surface area contributed by atoms with Gasteiger partial charge in [-0.25, -0.2) is 5.43 Å². The average Bonchev–Trinajstić information content (AvgIpc) is 3.20. The first kappa shape index (κ1) is 15.7. The molecule has 0 aliphatic carbocycles. The average molecular weight is 367 g/mol. The summed E-state index contributed by atoms with van der Waals surface area (Å²) in [5, 5.41) is 10.3. The molecular weight excluding hydrogens is 359 g/mol. The Bertz CT molecular complexity index is 841. The number of carbonyl (C=O) groups is 1. The number of hydrazone groups is 1. The lowest BCUT2D eigenvalue weighted by Gasteiger charge is -2.00. The van der Waals surface area contributed by atoms with Gasteiger partial charge in [-0.15, -0.1) is 11.3 Å². The monoisotopic (exact) mass is 366 g/mol. The van der Waals surface area contributed by atoms with Crippen LogP contribution in [0.2, 0.25) is 10.0 Å². The van der Waals surface area contributed by atoms with Crippen molar-refractivity contribution in [3.05, 3.63) is 57.2 Å². The van der Waals surface area contributed by atoms with E-state index in [1.54, 1.807) is 18.2 Å². The summed E-state index contributed by atoms with van der Waals surface area (Å²) in [4.78, 5) is 16.7. The topological polar surface area (TPSA) is 80.4 Å². The molecule has 0 spiro atoms. The second-order valence-corrected chi connectivity index (χ2v) is 6.00. The largest absolute Gasteiger partial charge is 0.329 e. The molecular formula is C14H8Cl2N4O2S. The van der Waals surface area contributed by atoms with E-state index >= 15 is 0 Å². The number of halogens is 2. The fourth-order valence-corrected chi connectivity index (χ4v) is 2.80. The molecule has 23 heavy (non-hydrogen) atoms. The van der Waals surface area contributed by atoms with Crippen LogP contribution in [0.5, 0.6) is 0 Å². The van der Waals surface area contributed by atoms with Crippen LogP contribution < -0.4 is 5.43 Å². The Labute approximate surface area is 144 Å². The first-order chi connectivity index (χ1) is 11.1. The van der Waals surface area contributed by atoms with Crippen LogP contribution >= 0.6 is 34.5 Å². The second-order valence-electron chi connectivity index (χ2n) is 4.23. The lowest BCUT2D eigenvalue weighted by Crippen LogP contribution is -2.18. The molecule has 0 saturated carbocycles. The van der Waals surface area contributed by atoms with Gasteiger partial charge in [0.1, 0.15) is 0 Å². The summed E-state index contributed by atoms with van der Waals surface area (Å²) in [6.07, 6.45) is 1.35. The highest BCUT2D eigenvalue weighted by atomic mass is 35.5. The number of hydrogen-bond donors (Lipinski definition) is 1. The molecule has 2 aromatic heterocycles. The third-order valence-corrected chi connectivity index (χ3v) is 4.25. The molecule has 0 atom stereocenters. The van der Waals surface area contributed by atoms with Crippen LogP contribution in [0, 0.1) is 0 Å². The summed E-state index contributed by atoms with van der Waals surface area (Å²) in [5.74, 6) is -0.459.